The smallest absolute Gasteiger partial charge is 0.164 e. The van der Waals surface area contributed by atoms with Crippen LogP contribution in [0.5, 0.6) is 11.5 Å². The number of aromatic nitrogens is 3. The molecule has 0 saturated heterocycles. The molecule has 290 valence electrons. The second-order valence-corrected chi connectivity index (χ2v) is 15.9. The lowest BCUT2D eigenvalue weighted by Crippen LogP contribution is -2.32. The summed E-state index contributed by atoms with van der Waals surface area (Å²) >= 11 is 0. The summed E-state index contributed by atoms with van der Waals surface area (Å²) in [6.45, 7) is 0. The summed E-state index contributed by atoms with van der Waals surface area (Å²) in [6.07, 6.45) is 0. The molecule has 62 heavy (non-hydrogen) atoms. The van der Waals surface area contributed by atoms with Gasteiger partial charge in [-0.2, -0.15) is 0 Å². The normalized spacial score (nSPS) is 12.8. The van der Waals surface area contributed by atoms with Gasteiger partial charge >= 0.3 is 0 Å². The minimum Gasteiger partial charge on any atom is -0.457 e. The second-order valence-electron chi connectivity index (χ2n) is 15.9. The van der Waals surface area contributed by atoms with Crippen LogP contribution in [0.2, 0.25) is 0 Å². The third-order valence-electron chi connectivity index (χ3n) is 12.4. The van der Waals surface area contributed by atoms with Gasteiger partial charge in [0.25, 0.3) is 0 Å². The van der Waals surface area contributed by atoms with E-state index in [1.54, 1.807) is 0 Å². The molecule has 0 atom stereocenters. The maximum Gasteiger partial charge on any atom is 0.164 e. The fourth-order valence-corrected chi connectivity index (χ4v) is 9.61. The van der Waals surface area contributed by atoms with E-state index in [4.69, 9.17) is 19.7 Å². The van der Waals surface area contributed by atoms with Gasteiger partial charge in [0.1, 0.15) is 11.5 Å². The first-order valence-electron chi connectivity index (χ1n) is 21.0. The van der Waals surface area contributed by atoms with E-state index in [2.05, 4.69) is 164 Å². The second kappa shape index (κ2) is 14.5. The number of hydrogen-bond acceptors (Lipinski definition) is 4. The Hall–Kier alpha value is -8.21. The molecule has 1 spiro atoms. The first-order valence-corrected chi connectivity index (χ1v) is 21.0. The van der Waals surface area contributed by atoms with Crippen LogP contribution in [0, 0.1) is 0 Å². The van der Waals surface area contributed by atoms with Crippen LogP contribution in [-0.2, 0) is 5.41 Å². The molecule has 0 unspecified atom stereocenters. The largest absolute Gasteiger partial charge is 0.457 e. The van der Waals surface area contributed by atoms with E-state index in [-0.39, 0.29) is 0 Å². The van der Waals surface area contributed by atoms with Crippen molar-refractivity contribution in [3.8, 4) is 90.2 Å². The van der Waals surface area contributed by atoms with Gasteiger partial charge in [-0.15, -0.1) is 0 Å². The maximum atomic E-state index is 6.72. The molecule has 1 aromatic heterocycles. The fraction of sp³-hybridized carbons (Fsp3) is 0.0172. The van der Waals surface area contributed by atoms with Crippen LogP contribution < -0.4 is 4.74 Å². The van der Waals surface area contributed by atoms with Crippen molar-refractivity contribution >= 4 is 0 Å². The lowest BCUT2D eigenvalue weighted by molar-refractivity contribution is 0.436. The van der Waals surface area contributed by atoms with Crippen molar-refractivity contribution in [2.24, 2.45) is 0 Å². The molecule has 0 bridgehead atoms. The zero-order valence-corrected chi connectivity index (χ0v) is 33.6. The van der Waals surface area contributed by atoms with E-state index >= 15 is 0 Å². The quantitative estimate of drug-likeness (QED) is 0.168. The van der Waals surface area contributed by atoms with E-state index in [9.17, 15) is 0 Å². The molecule has 12 rings (SSSR count). The Morgan fingerprint density at radius 2 is 0.694 bits per heavy atom. The van der Waals surface area contributed by atoms with Crippen LogP contribution in [0.15, 0.2) is 224 Å². The molecule has 0 saturated carbocycles. The average Bonchev–Trinajstić information content (AvgIpc) is 3.65. The predicted octanol–water partition coefficient (Wildman–Crippen LogP) is 14.3. The molecular formula is C58H37N3O. The third kappa shape index (κ3) is 5.72. The molecule has 0 fully saturated rings. The number of fused-ring (bicyclic) bond motifs is 9. The van der Waals surface area contributed by atoms with Crippen molar-refractivity contribution in [3.63, 3.8) is 0 Å². The fourth-order valence-electron chi connectivity index (χ4n) is 9.61. The van der Waals surface area contributed by atoms with E-state index in [1.807, 2.05) is 60.7 Å². The summed E-state index contributed by atoms with van der Waals surface area (Å²) in [4.78, 5) is 15.1. The number of rotatable bonds is 6. The molecule has 4 heteroatoms. The van der Waals surface area contributed by atoms with Gasteiger partial charge < -0.3 is 4.74 Å². The molecule has 1 aliphatic heterocycles. The standard InChI is InChI=1S/C58H37N3O/c1-4-16-39(17-5-1)45-34-32-44(57-60-55(41-18-6-2-7-19-41)59-56(61-57)42-20-8-3-9-21-42)36-48(45)40-30-28-38(29-31-40)43-33-35-54-52(37-43)58(51-26-14-15-27-53(51)62-54)49-24-12-10-22-46(49)47-23-11-13-25-50(47)58/h1-37H. The zero-order chi connectivity index (χ0) is 41.0. The molecule has 10 aromatic rings. The number of benzene rings is 9. The van der Waals surface area contributed by atoms with E-state index < -0.39 is 5.41 Å². The number of ether oxygens (including phenoxy) is 1. The van der Waals surface area contributed by atoms with Crippen LogP contribution in [0.4, 0.5) is 0 Å². The molecular weight excluding hydrogens is 755 g/mol. The predicted molar refractivity (Wildman–Crippen MR) is 250 cm³/mol. The molecule has 4 nitrogen and oxygen atoms in total. The third-order valence-corrected chi connectivity index (χ3v) is 12.4. The van der Waals surface area contributed by atoms with Crippen molar-refractivity contribution in [2.75, 3.05) is 0 Å². The summed E-state index contributed by atoms with van der Waals surface area (Å²) < 4.78 is 6.72. The maximum absolute atomic E-state index is 6.72. The van der Waals surface area contributed by atoms with Crippen molar-refractivity contribution in [2.45, 2.75) is 5.41 Å². The van der Waals surface area contributed by atoms with E-state index in [1.165, 1.54) is 22.3 Å². The van der Waals surface area contributed by atoms with Gasteiger partial charge in [-0.1, -0.05) is 200 Å². The molecule has 0 N–H and O–H groups in total. The van der Waals surface area contributed by atoms with Gasteiger partial charge in [-0.25, -0.2) is 15.0 Å². The molecule has 9 aromatic carbocycles. The number of nitrogens with zero attached hydrogens (tertiary/aromatic N) is 3. The van der Waals surface area contributed by atoms with Crippen molar-refractivity contribution in [3.05, 3.63) is 247 Å². The minimum atomic E-state index is -0.520. The zero-order valence-electron chi connectivity index (χ0n) is 33.6. The Morgan fingerprint density at radius 1 is 0.258 bits per heavy atom. The average molecular weight is 792 g/mol. The van der Waals surface area contributed by atoms with Crippen LogP contribution in [0.3, 0.4) is 0 Å². The Kier molecular flexibility index (Phi) is 8.36. The molecule has 2 heterocycles. The molecule has 2 aliphatic rings. The van der Waals surface area contributed by atoms with Gasteiger partial charge in [0, 0.05) is 27.8 Å². The number of para-hydroxylation sites is 1. The Balaban J connectivity index is 0.987. The van der Waals surface area contributed by atoms with Gasteiger partial charge in [0.05, 0.1) is 5.41 Å². The van der Waals surface area contributed by atoms with Crippen LogP contribution in [0.1, 0.15) is 22.3 Å². The molecule has 1 aliphatic carbocycles. The van der Waals surface area contributed by atoms with Crippen molar-refractivity contribution in [1.82, 2.24) is 15.0 Å². The van der Waals surface area contributed by atoms with Gasteiger partial charge in [-0.3, -0.25) is 0 Å². The first kappa shape index (κ1) is 35.7. The highest BCUT2D eigenvalue weighted by atomic mass is 16.5. The topological polar surface area (TPSA) is 47.9 Å². The summed E-state index contributed by atoms with van der Waals surface area (Å²) in [6, 6.07) is 79.2. The van der Waals surface area contributed by atoms with Crippen molar-refractivity contribution in [1.29, 1.82) is 0 Å². The SMILES string of the molecule is c1ccc(-c2nc(-c3ccccc3)nc(-c3ccc(-c4ccccc4)c(-c4ccc(-c5ccc6c(c5)C5(c7ccccc7O6)c6ccccc6-c6ccccc65)cc4)c3)n2)cc1. The first-order chi connectivity index (χ1) is 30.7. The summed E-state index contributed by atoms with van der Waals surface area (Å²) in [7, 11) is 0. The summed E-state index contributed by atoms with van der Waals surface area (Å²) in [5.74, 6) is 3.67. The Labute approximate surface area is 360 Å². The lowest BCUT2D eigenvalue weighted by Gasteiger charge is -2.39. The highest BCUT2D eigenvalue weighted by Gasteiger charge is 2.51. The highest BCUT2D eigenvalue weighted by molar-refractivity contribution is 5.90. The molecule has 0 amide bonds. The van der Waals surface area contributed by atoms with E-state index in [0.717, 1.165) is 72.7 Å². The van der Waals surface area contributed by atoms with Crippen LogP contribution in [0.25, 0.3) is 78.7 Å². The number of hydrogen-bond donors (Lipinski definition) is 0. The summed E-state index contributed by atoms with van der Waals surface area (Å²) in [5, 5.41) is 0. The van der Waals surface area contributed by atoms with Gasteiger partial charge in [-0.05, 0) is 79.9 Å². The summed E-state index contributed by atoms with van der Waals surface area (Å²) in [5.41, 5.74) is 16.4. The molecule has 0 radical (unpaired) electrons. The lowest BCUT2D eigenvalue weighted by atomic mass is 9.66. The van der Waals surface area contributed by atoms with Crippen molar-refractivity contribution < 1.29 is 4.74 Å². The van der Waals surface area contributed by atoms with Gasteiger partial charge in [0.2, 0.25) is 0 Å². The Morgan fingerprint density at radius 3 is 1.31 bits per heavy atom. The van der Waals surface area contributed by atoms with Gasteiger partial charge in [0.15, 0.2) is 17.5 Å². The Bertz CT molecular complexity index is 3210. The van der Waals surface area contributed by atoms with Crippen LogP contribution in [-0.4, -0.2) is 15.0 Å². The minimum absolute atomic E-state index is 0.520. The highest BCUT2D eigenvalue weighted by Crippen LogP contribution is 2.62. The van der Waals surface area contributed by atoms with E-state index in [0.29, 0.717) is 17.5 Å². The van der Waals surface area contributed by atoms with Crippen LogP contribution >= 0.6 is 0 Å². The monoisotopic (exact) mass is 791 g/mol.